The van der Waals surface area contributed by atoms with Gasteiger partial charge in [-0.3, -0.25) is 4.79 Å². The summed E-state index contributed by atoms with van der Waals surface area (Å²) in [6.45, 7) is 2.36. The summed E-state index contributed by atoms with van der Waals surface area (Å²) in [5, 5.41) is 2.98. The molecular weight excluding hydrogens is 394 g/mol. The minimum atomic E-state index is -0.509. The molecule has 2 heterocycles. The highest BCUT2D eigenvalue weighted by molar-refractivity contribution is 5.90. The largest absolute Gasteiger partial charge is 0.448 e. The fraction of sp³-hybridized carbons (Fsp3) is 0.667. The number of hydrogen-bond donors (Lipinski definition) is 1. The van der Waals surface area contributed by atoms with Gasteiger partial charge >= 0.3 is 6.03 Å². The number of rotatable bonds is 3. The zero-order valence-electron chi connectivity index (χ0n) is 18.2. The third-order valence-electron chi connectivity index (χ3n) is 7.26. The van der Waals surface area contributed by atoms with E-state index in [1.807, 2.05) is 23.1 Å². The van der Waals surface area contributed by atoms with Gasteiger partial charge in [-0.1, -0.05) is 19.3 Å². The number of carbonyl (C=O) groups is 2. The van der Waals surface area contributed by atoms with Crippen molar-refractivity contribution in [3.8, 4) is 11.5 Å². The number of anilines is 1. The molecule has 7 heteroatoms. The van der Waals surface area contributed by atoms with Crippen LogP contribution in [0.5, 0.6) is 11.5 Å². The van der Waals surface area contributed by atoms with Crippen LogP contribution in [0.3, 0.4) is 0 Å². The minimum absolute atomic E-state index is 0.130. The molecule has 0 unspecified atom stereocenters. The third kappa shape index (κ3) is 4.46. The zero-order valence-corrected chi connectivity index (χ0v) is 18.2. The van der Waals surface area contributed by atoms with Crippen LogP contribution in [-0.2, 0) is 4.79 Å². The van der Waals surface area contributed by atoms with Crippen LogP contribution in [0, 0.1) is 5.92 Å². The smallest absolute Gasteiger partial charge is 0.321 e. The number of piperazine rings is 1. The van der Waals surface area contributed by atoms with E-state index in [1.165, 1.54) is 32.1 Å². The fourth-order valence-electron chi connectivity index (χ4n) is 5.42. The molecule has 7 nitrogen and oxygen atoms in total. The van der Waals surface area contributed by atoms with E-state index in [2.05, 4.69) is 5.32 Å². The van der Waals surface area contributed by atoms with Gasteiger partial charge in [0.05, 0.1) is 0 Å². The van der Waals surface area contributed by atoms with Crippen LogP contribution in [0.25, 0.3) is 0 Å². The number of amides is 3. The van der Waals surface area contributed by atoms with Crippen molar-refractivity contribution in [2.75, 3.05) is 31.5 Å². The van der Waals surface area contributed by atoms with Crippen LogP contribution in [0.2, 0.25) is 0 Å². The number of fused-ring (bicyclic) bond motifs is 1. The summed E-state index contributed by atoms with van der Waals surface area (Å²) in [6, 6.07) is 5.48. The van der Waals surface area contributed by atoms with Crippen LogP contribution >= 0.6 is 0 Å². The molecule has 31 heavy (non-hydrogen) atoms. The Hall–Kier alpha value is -2.44. The highest BCUT2D eigenvalue weighted by Gasteiger charge is 2.42. The van der Waals surface area contributed by atoms with Gasteiger partial charge in [0.25, 0.3) is 5.79 Å². The summed E-state index contributed by atoms with van der Waals surface area (Å²) >= 11 is 0. The normalized spacial score (nSPS) is 22.7. The summed E-state index contributed by atoms with van der Waals surface area (Å²) < 4.78 is 12.3. The van der Waals surface area contributed by atoms with Gasteiger partial charge in [0.15, 0.2) is 11.5 Å². The second-order valence-corrected chi connectivity index (χ2v) is 9.49. The maximum atomic E-state index is 12.8. The minimum Gasteiger partial charge on any atom is -0.448 e. The molecule has 0 bridgehead atoms. The number of nitrogens with one attached hydrogen (secondary N) is 1. The number of urea groups is 1. The molecule has 1 saturated heterocycles. The van der Waals surface area contributed by atoms with E-state index in [0.29, 0.717) is 50.0 Å². The molecule has 3 amide bonds. The molecule has 2 aliphatic carbocycles. The van der Waals surface area contributed by atoms with E-state index < -0.39 is 5.79 Å². The predicted molar refractivity (Wildman–Crippen MR) is 117 cm³/mol. The predicted octanol–water partition coefficient (Wildman–Crippen LogP) is 4.37. The number of nitrogens with zero attached hydrogens (tertiary/aromatic N) is 2. The average molecular weight is 428 g/mol. The Bertz CT molecular complexity index is 822. The van der Waals surface area contributed by atoms with E-state index in [9.17, 15) is 9.59 Å². The van der Waals surface area contributed by atoms with E-state index >= 15 is 0 Å². The monoisotopic (exact) mass is 427 g/mol. The maximum absolute atomic E-state index is 12.8. The van der Waals surface area contributed by atoms with Crippen molar-refractivity contribution in [3.63, 3.8) is 0 Å². The van der Waals surface area contributed by atoms with E-state index in [1.54, 1.807) is 4.90 Å². The fourth-order valence-corrected chi connectivity index (χ4v) is 5.42. The first-order chi connectivity index (χ1) is 15.1. The van der Waals surface area contributed by atoms with Gasteiger partial charge in [0.1, 0.15) is 0 Å². The van der Waals surface area contributed by atoms with Crippen molar-refractivity contribution in [3.05, 3.63) is 18.2 Å². The van der Waals surface area contributed by atoms with Gasteiger partial charge in [-0.05, 0) is 43.7 Å². The van der Waals surface area contributed by atoms with E-state index in [4.69, 9.17) is 9.47 Å². The standard InChI is InChI=1S/C24H33N3O4/c28-22(16-18-6-2-3-7-18)26-12-14-27(15-13-26)23(29)25-19-8-9-20-21(17-19)31-24(30-20)10-4-1-5-11-24/h8-9,17-18H,1-7,10-16H2,(H,25,29). The number of hydrogen-bond acceptors (Lipinski definition) is 4. The zero-order chi connectivity index (χ0) is 21.3. The van der Waals surface area contributed by atoms with Crippen LogP contribution in [0.15, 0.2) is 18.2 Å². The lowest BCUT2D eigenvalue weighted by Gasteiger charge is -2.35. The molecule has 0 aromatic heterocycles. The topological polar surface area (TPSA) is 71.1 Å². The lowest BCUT2D eigenvalue weighted by molar-refractivity contribution is -0.133. The highest BCUT2D eigenvalue weighted by atomic mass is 16.7. The number of benzene rings is 1. The van der Waals surface area contributed by atoms with Crippen molar-refractivity contribution in [2.45, 2.75) is 70.0 Å². The quantitative estimate of drug-likeness (QED) is 0.777. The van der Waals surface area contributed by atoms with Gasteiger partial charge in [0.2, 0.25) is 5.91 Å². The van der Waals surface area contributed by atoms with Crippen molar-refractivity contribution < 1.29 is 19.1 Å². The van der Waals surface area contributed by atoms with Gasteiger partial charge < -0.3 is 24.6 Å². The van der Waals surface area contributed by atoms with Crippen molar-refractivity contribution >= 4 is 17.6 Å². The first-order valence-corrected chi connectivity index (χ1v) is 12.0. The molecule has 0 radical (unpaired) electrons. The molecule has 1 spiro atoms. The van der Waals surface area contributed by atoms with Crippen molar-refractivity contribution in [1.82, 2.24) is 9.80 Å². The van der Waals surface area contributed by atoms with Gasteiger partial charge in [0, 0.05) is 57.2 Å². The van der Waals surface area contributed by atoms with Gasteiger partial charge in [-0.2, -0.15) is 0 Å². The molecule has 1 N–H and O–H groups in total. The van der Waals surface area contributed by atoms with Crippen molar-refractivity contribution in [2.24, 2.45) is 5.92 Å². The second kappa shape index (κ2) is 8.60. The van der Waals surface area contributed by atoms with Crippen LogP contribution in [0.1, 0.15) is 64.2 Å². The Morgan fingerprint density at radius 3 is 2.32 bits per heavy atom. The van der Waals surface area contributed by atoms with E-state index in [0.717, 1.165) is 31.4 Å². The molecule has 2 saturated carbocycles. The summed E-state index contributed by atoms with van der Waals surface area (Å²) in [4.78, 5) is 29.0. The summed E-state index contributed by atoms with van der Waals surface area (Å²) in [5.41, 5.74) is 0.708. The number of ether oxygens (including phenoxy) is 2. The Morgan fingerprint density at radius 1 is 0.903 bits per heavy atom. The first-order valence-electron chi connectivity index (χ1n) is 12.0. The summed E-state index contributed by atoms with van der Waals surface area (Å²) in [5.74, 6) is 1.77. The molecule has 5 rings (SSSR count). The van der Waals surface area contributed by atoms with Crippen LogP contribution in [-0.4, -0.2) is 53.7 Å². The third-order valence-corrected chi connectivity index (χ3v) is 7.26. The lowest BCUT2D eigenvalue weighted by Crippen LogP contribution is -2.51. The SMILES string of the molecule is O=C(CC1CCCC1)N1CCN(C(=O)Nc2ccc3c(c2)OC2(CCCCC2)O3)CC1. The molecule has 3 fully saturated rings. The van der Waals surface area contributed by atoms with Crippen LogP contribution < -0.4 is 14.8 Å². The molecule has 2 aliphatic heterocycles. The molecule has 168 valence electrons. The Labute approximate surface area is 184 Å². The second-order valence-electron chi connectivity index (χ2n) is 9.49. The van der Waals surface area contributed by atoms with Crippen molar-refractivity contribution in [1.29, 1.82) is 0 Å². The van der Waals surface area contributed by atoms with Crippen LogP contribution in [0.4, 0.5) is 10.5 Å². The summed E-state index contributed by atoms with van der Waals surface area (Å²) in [6.07, 6.45) is 10.8. The molecule has 0 atom stereocenters. The Balaban J connectivity index is 1.12. The van der Waals surface area contributed by atoms with E-state index in [-0.39, 0.29) is 11.9 Å². The van der Waals surface area contributed by atoms with Gasteiger partial charge in [-0.15, -0.1) is 0 Å². The Morgan fingerprint density at radius 2 is 1.58 bits per heavy atom. The van der Waals surface area contributed by atoms with Gasteiger partial charge in [-0.25, -0.2) is 4.79 Å². The molecule has 1 aromatic carbocycles. The highest BCUT2D eigenvalue weighted by Crippen LogP contribution is 2.46. The molecular formula is C24H33N3O4. The summed E-state index contributed by atoms with van der Waals surface area (Å²) in [7, 11) is 0. The molecule has 4 aliphatic rings. The first kappa shape index (κ1) is 20.5. The molecule has 1 aromatic rings. The maximum Gasteiger partial charge on any atom is 0.321 e. The lowest BCUT2D eigenvalue weighted by atomic mass is 9.94. The Kier molecular flexibility index (Phi) is 5.67. The number of carbonyl (C=O) groups excluding carboxylic acids is 2. The average Bonchev–Trinajstić information content (AvgIpc) is 3.41.